The fraction of sp³-hybridized carbons (Fsp3) is 0.375. The van der Waals surface area contributed by atoms with Crippen molar-refractivity contribution in [3.63, 3.8) is 0 Å². The predicted molar refractivity (Wildman–Crippen MR) is 108 cm³/mol. The number of benzene rings is 2. The molecule has 2 unspecified atom stereocenters. The van der Waals surface area contributed by atoms with Crippen LogP contribution in [0.15, 0.2) is 61.2 Å². The van der Waals surface area contributed by atoms with Gasteiger partial charge in [0.1, 0.15) is 5.60 Å². The minimum atomic E-state index is -0.982. The fourth-order valence-electron chi connectivity index (χ4n) is 4.21. The van der Waals surface area contributed by atoms with Crippen LogP contribution in [-0.4, -0.2) is 18.2 Å². The lowest BCUT2D eigenvalue weighted by Crippen LogP contribution is -2.53. The van der Waals surface area contributed by atoms with Gasteiger partial charge in [-0.1, -0.05) is 68.3 Å². The molecule has 0 fully saturated rings. The molecule has 2 atom stereocenters. The Balaban J connectivity index is 2.31. The number of unbranched alkanes of at least 4 members (excludes halogenated alkanes) is 1. The number of ether oxygens (including phenoxy) is 2. The molecule has 3 nitrogen and oxygen atoms in total. The number of hydrogen-bond acceptors (Lipinski definition) is 3. The molecule has 1 aliphatic rings. The second-order valence-corrected chi connectivity index (χ2v) is 7.37. The average molecular weight is 364 g/mol. The Labute approximate surface area is 162 Å². The molecule has 2 aromatic carbocycles. The van der Waals surface area contributed by atoms with Gasteiger partial charge in [-0.2, -0.15) is 0 Å². The van der Waals surface area contributed by atoms with E-state index >= 15 is 0 Å². The molecule has 0 aliphatic carbocycles. The quantitative estimate of drug-likeness (QED) is 0.454. The average Bonchev–Trinajstić information content (AvgIpc) is 3.01. The topological polar surface area (TPSA) is 35.5 Å². The van der Waals surface area contributed by atoms with Crippen LogP contribution in [0.3, 0.4) is 0 Å². The second-order valence-electron chi connectivity index (χ2n) is 7.37. The Morgan fingerprint density at radius 1 is 1.19 bits per heavy atom. The number of fused-ring (bicyclic) bond motifs is 1. The minimum Gasteiger partial charge on any atom is -0.442 e. The van der Waals surface area contributed by atoms with Crippen molar-refractivity contribution in [3.05, 3.63) is 83.4 Å². The number of carbonyl (C=O) groups is 1. The maximum Gasteiger partial charge on any atom is 0.339 e. The van der Waals surface area contributed by atoms with E-state index in [9.17, 15) is 4.79 Å². The highest BCUT2D eigenvalue weighted by molar-refractivity contribution is 5.96. The molecule has 1 heterocycles. The SMILES string of the molecule is C=CCOC(C)(CCCC)C1(c2ccccc2)OC(=O)c2cccc(C)c21. The first-order valence-corrected chi connectivity index (χ1v) is 9.64. The molecule has 3 heteroatoms. The van der Waals surface area contributed by atoms with Crippen molar-refractivity contribution >= 4 is 5.97 Å². The maximum absolute atomic E-state index is 12.9. The lowest BCUT2D eigenvalue weighted by atomic mass is 9.70. The van der Waals surface area contributed by atoms with Crippen LogP contribution in [0.4, 0.5) is 0 Å². The van der Waals surface area contributed by atoms with Crippen molar-refractivity contribution in [2.45, 2.75) is 51.2 Å². The summed E-state index contributed by atoms with van der Waals surface area (Å²) in [6.07, 6.45) is 4.53. The van der Waals surface area contributed by atoms with Crippen molar-refractivity contribution in [1.29, 1.82) is 0 Å². The zero-order chi connectivity index (χ0) is 19.5. The third kappa shape index (κ3) is 3.10. The van der Waals surface area contributed by atoms with Crippen LogP contribution in [0.2, 0.25) is 0 Å². The minimum absolute atomic E-state index is 0.289. The van der Waals surface area contributed by atoms with Gasteiger partial charge in [0, 0.05) is 11.1 Å². The van der Waals surface area contributed by atoms with Gasteiger partial charge in [0.25, 0.3) is 0 Å². The van der Waals surface area contributed by atoms with Gasteiger partial charge in [0.15, 0.2) is 5.60 Å². The summed E-state index contributed by atoms with van der Waals surface area (Å²) in [5.41, 5.74) is 1.82. The van der Waals surface area contributed by atoms with Crippen LogP contribution in [-0.2, 0) is 15.1 Å². The van der Waals surface area contributed by atoms with Gasteiger partial charge < -0.3 is 9.47 Å². The van der Waals surface area contributed by atoms with Gasteiger partial charge in [-0.15, -0.1) is 6.58 Å². The van der Waals surface area contributed by atoms with E-state index in [0.29, 0.717) is 12.2 Å². The third-order valence-corrected chi connectivity index (χ3v) is 5.54. The summed E-state index contributed by atoms with van der Waals surface area (Å²) in [4.78, 5) is 12.9. The third-order valence-electron chi connectivity index (χ3n) is 5.54. The summed E-state index contributed by atoms with van der Waals surface area (Å²) in [5.74, 6) is -0.289. The van der Waals surface area contributed by atoms with E-state index in [2.05, 4.69) is 20.4 Å². The van der Waals surface area contributed by atoms with Crippen LogP contribution >= 0.6 is 0 Å². The fourth-order valence-corrected chi connectivity index (χ4v) is 4.21. The summed E-state index contributed by atoms with van der Waals surface area (Å²) in [5, 5.41) is 0. The van der Waals surface area contributed by atoms with E-state index in [1.165, 1.54) is 0 Å². The van der Waals surface area contributed by atoms with E-state index in [1.54, 1.807) is 6.08 Å². The molecule has 1 aliphatic heterocycles. The van der Waals surface area contributed by atoms with E-state index < -0.39 is 11.2 Å². The molecule has 0 aromatic heterocycles. The molecule has 0 spiro atoms. The highest BCUT2D eigenvalue weighted by Gasteiger charge is 2.60. The number of esters is 1. The molecule has 0 amide bonds. The molecule has 0 bridgehead atoms. The number of hydrogen-bond donors (Lipinski definition) is 0. The highest BCUT2D eigenvalue weighted by atomic mass is 16.6. The standard InChI is InChI=1S/C24H28O3/c1-5-7-16-23(4,26-17-6-2)24(19-13-9-8-10-14-19)21-18(3)12-11-15-20(21)22(25)27-24/h6,8-15H,2,5,7,16-17H2,1,3-4H3. The number of rotatable bonds is 8. The summed E-state index contributed by atoms with van der Waals surface area (Å²) >= 11 is 0. The van der Waals surface area contributed by atoms with E-state index in [4.69, 9.17) is 9.47 Å². The summed E-state index contributed by atoms with van der Waals surface area (Å²) in [7, 11) is 0. The number of aryl methyl sites for hydroxylation is 1. The second kappa shape index (κ2) is 7.69. The highest BCUT2D eigenvalue weighted by Crippen LogP contribution is 2.53. The number of cyclic esters (lactones) is 1. The first kappa shape index (κ1) is 19.4. The molecule has 3 rings (SSSR count). The zero-order valence-corrected chi connectivity index (χ0v) is 16.5. The molecule has 0 saturated carbocycles. The van der Waals surface area contributed by atoms with Gasteiger partial charge >= 0.3 is 5.97 Å². The summed E-state index contributed by atoms with van der Waals surface area (Å²) < 4.78 is 12.6. The smallest absolute Gasteiger partial charge is 0.339 e. The predicted octanol–water partition coefficient (Wildman–Crippen LogP) is 5.56. The molecule has 0 N–H and O–H groups in total. The van der Waals surface area contributed by atoms with Crippen LogP contribution in [0.5, 0.6) is 0 Å². The number of carbonyl (C=O) groups excluding carboxylic acids is 1. The lowest BCUT2D eigenvalue weighted by Gasteiger charge is -2.46. The van der Waals surface area contributed by atoms with Crippen LogP contribution < -0.4 is 0 Å². The van der Waals surface area contributed by atoms with Gasteiger partial charge in [-0.3, -0.25) is 0 Å². The largest absolute Gasteiger partial charge is 0.442 e. The Hall–Kier alpha value is -2.39. The van der Waals surface area contributed by atoms with Gasteiger partial charge in [-0.25, -0.2) is 4.79 Å². The van der Waals surface area contributed by atoms with Gasteiger partial charge in [-0.05, 0) is 31.9 Å². The first-order valence-electron chi connectivity index (χ1n) is 9.64. The van der Waals surface area contributed by atoms with Crippen molar-refractivity contribution in [2.24, 2.45) is 0 Å². The Bertz CT molecular complexity index is 827. The van der Waals surface area contributed by atoms with Crippen molar-refractivity contribution in [3.8, 4) is 0 Å². The molecular weight excluding hydrogens is 336 g/mol. The lowest BCUT2D eigenvalue weighted by molar-refractivity contribution is -0.155. The van der Waals surface area contributed by atoms with Gasteiger partial charge in [0.2, 0.25) is 0 Å². The monoisotopic (exact) mass is 364 g/mol. The summed E-state index contributed by atoms with van der Waals surface area (Å²) in [6.45, 7) is 10.5. The normalized spacial score (nSPS) is 20.6. The Kier molecular flexibility index (Phi) is 5.52. The van der Waals surface area contributed by atoms with Crippen molar-refractivity contribution < 1.29 is 14.3 Å². The summed E-state index contributed by atoms with van der Waals surface area (Å²) in [6, 6.07) is 15.8. The first-order chi connectivity index (χ1) is 13.0. The van der Waals surface area contributed by atoms with Crippen molar-refractivity contribution in [2.75, 3.05) is 6.61 Å². The molecule has 2 aromatic rings. The van der Waals surface area contributed by atoms with Gasteiger partial charge in [0.05, 0.1) is 12.2 Å². The molecule has 142 valence electrons. The Morgan fingerprint density at radius 2 is 1.93 bits per heavy atom. The molecular formula is C24H28O3. The zero-order valence-electron chi connectivity index (χ0n) is 16.5. The van der Waals surface area contributed by atoms with Crippen LogP contribution in [0.1, 0.15) is 60.2 Å². The van der Waals surface area contributed by atoms with Crippen molar-refractivity contribution in [1.82, 2.24) is 0 Å². The molecule has 0 radical (unpaired) electrons. The van der Waals surface area contributed by atoms with E-state index in [1.807, 2.05) is 55.5 Å². The van der Waals surface area contributed by atoms with Crippen LogP contribution in [0, 0.1) is 6.92 Å². The molecule has 0 saturated heterocycles. The molecule has 27 heavy (non-hydrogen) atoms. The van der Waals surface area contributed by atoms with E-state index in [0.717, 1.165) is 36.0 Å². The van der Waals surface area contributed by atoms with Crippen LogP contribution in [0.25, 0.3) is 0 Å². The Morgan fingerprint density at radius 3 is 2.59 bits per heavy atom. The van der Waals surface area contributed by atoms with E-state index in [-0.39, 0.29) is 5.97 Å². The maximum atomic E-state index is 12.9.